The Hall–Kier alpha value is -1.35. The lowest BCUT2D eigenvalue weighted by Crippen LogP contribution is -2.17. The number of esters is 1. The molecule has 2 rings (SSSR count). The van der Waals surface area contributed by atoms with Crippen molar-refractivity contribution < 1.29 is 14.3 Å². The van der Waals surface area contributed by atoms with Gasteiger partial charge >= 0.3 is 5.97 Å². The first kappa shape index (κ1) is 15.0. The van der Waals surface area contributed by atoms with E-state index in [1.807, 2.05) is 30.3 Å². The minimum absolute atomic E-state index is 0.138. The van der Waals surface area contributed by atoms with Crippen LogP contribution in [0.1, 0.15) is 50.5 Å². The van der Waals surface area contributed by atoms with Gasteiger partial charge in [0.25, 0.3) is 0 Å². The summed E-state index contributed by atoms with van der Waals surface area (Å²) in [6.07, 6.45) is 7.88. The summed E-state index contributed by atoms with van der Waals surface area (Å²) in [6.45, 7) is 1.04. The standard InChI is InChI=1S/C17H24O3/c18-17(20-14-15-8-3-1-4-9-15)12-7-13-19-16-10-5-2-6-11-16/h1,3-4,8-9,16H,2,5-7,10-14H2. The highest BCUT2D eigenvalue weighted by Crippen LogP contribution is 2.20. The highest BCUT2D eigenvalue weighted by Gasteiger charge is 2.13. The van der Waals surface area contributed by atoms with Gasteiger partial charge in [-0.15, -0.1) is 0 Å². The first-order valence-electron chi connectivity index (χ1n) is 7.66. The summed E-state index contributed by atoms with van der Waals surface area (Å²) < 4.78 is 11.0. The quantitative estimate of drug-likeness (QED) is 0.560. The van der Waals surface area contributed by atoms with Gasteiger partial charge < -0.3 is 9.47 Å². The van der Waals surface area contributed by atoms with Crippen LogP contribution in [0.4, 0.5) is 0 Å². The number of carbonyl (C=O) groups excluding carboxylic acids is 1. The summed E-state index contributed by atoms with van der Waals surface area (Å²) in [4.78, 5) is 11.6. The smallest absolute Gasteiger partial charge is 0.306 e. The molecule has 0 radical (unpaired) electrons. The van der Waals surface area contributed by atoms with Gasteiger partial charge in [0.2, 0.25) is 0 Å². The maximum atomic E-state index is 11.6. The molecule has 1 fully saturated rings. The Morgan fingerprint density at radius 1 is 1.10 bits per heavy atom. The van der Waals surface area contributed by atoms with Crippen molar-refractivity contribution in [3.8, 4) is 0 Å². The van der Waals surface area contributed by atoms with Crippen molar-refractivity contribution in [1.82, 2.24) is 0 Å². The number of hydrogen-bond donors (Lipinski definition) is 0. The van der Waals surface area contributed by atoms with Crippen LogP contribution in [0.25, 0.3) is 0 Å². The van der Waals surface area contributed by atoms with E-state index in [2.05, 4.69) is 0 Å². The van der Waals surface area contributed by atoms with Crippen molar-refractivity contribution in [2.24, 2.45) is 0 Å². The average Bonchev–Trinajstić information content (AvgIpc) is 2.52. The molecular weight excluding hydrogens is 252 g/mol. The second-order valence-electron chi connectivity index (χ2n) is 5.38. The highest BCUT2D eigenvalue weighted by molar-refractivity contribution is 5.69. The van der Waals surface area contributed by atoms with Gasteiger partial charge in [-0.3, -0.25) is 4.79 Å². The summed E-state index contributed by atoms with van der Waals surface area (Å²) in [5.41, 5.74) is 1.03. The molecule has 3 nitrogen and oxygen atoms in total. The largest absolute Gasteiger partial charge is 0.461 e. The molecule has 3 heteroatoms. The van der Waals surface area contributed by atoms with E-state index in [1.165, 1.54) is 32.1 Å². The van der Waals surface area contributed by atoms with E-state index in [9.17, 15) is 4.79 Å². The highest BCUT2D eigenvalue weighted by atomic mass is 16.5. The van der Waals surface area contributed by atoms with Crippen molar-refractivity contribution in [2.75, 3.05) is 6.61 Å². The molecule has 0 unspecified atom stereocenters. The Labute approximate surface area is 121 Å². The van der Waals surface area contributed by atoms with E-state index in [-0.39, 0.29) is 5.97 Å². The molecule has 0 heterocycles. The van der Waals surface area contributed by atoms with Gasteiger partial charge in [-0.25, -0.2) is 0 Å². The molecule has 0 spiro atoms. The van der Waals surface area contributed by atoms with Crippen molar-refractivity contribution >= 4 is 5.97 Å². The summed E-state index contributed by atoms with van der Waals surface area (Å²) in [7, 11) is 0. The van der Waals surface area contributed by atoms with E-state index in [0.717, 1.165) is 12.0 Å². The molecular formula is C17H24O3. The zero-order valence-electron chi connectivity index (χ0n) is 12.1. The molecule has 1 saturated carbocycles. The van der Waals surface area contributed by atoms with Gasteiger partial charge in [0.15, 0.2) is 0 Å². The number of benzene rings is 1. The van der Waals surface area contributed by atoms with Gasteiger partial charge in [-0.1, -0.05) is 49.6 Å². The van der Waals surface area contributed by atoms with E-state index < -0.39 is 0 Å². The normalized spacial score (nSPS) is 16.0. The van der Waals surface area contributed by atoms with Crippen molar-refractivity contribution in [3.63, 3.8) is 0 Å². The average molecular weight is 276 g/mol. The Morgan fingerprint density at radius 2 is 1.85 bits per heavy atom. The van der Waals surface area contributed by atoms with Crippen LogP contribution >= 0.6 is 0 Å². The van der Waals surface area contributed by atoms with Gasteiger partial charge in [0.1, 0.15) is 6.61 Å². The van der Waals surface area contributed by atoms with Gasteiger partial charge in [-0.05, 0) is 24.8 Å². The van der Waals surface area contributed by atoms with Crippen LogP contribution in [0.15, 0.2) is 30.3 Å². The van der Waals surface area contributed by atoms with Crippen LogP contribution in [0.2, 0.25) is 0 Å². The maximum absolute atomic E-state index is 11.6. The minimum atomic E-state index is -0.138. The van der Waals surface area contributed by atoms with Crippen LogP contribution in [0, 0.1) is 0 Å². The second kappa shape index (κ2) is 8.75. The molecule has 0 saturated heterocycles. The SMILES string of the molecule is O=C(CCCOC1CCCCC1)OCc1ccccc1. The molecule has 1 aliphatic rings. The molecule has 110 valence electrons. The molecule has 1 aromatic carbocycles. The Kier molecular flexibility index (Phi) is 6.58. The molecule has 20 heavy (non-hydrogen) atoms. The van der Waals surface area contributed by atoms with Crippen LogP contribution in [0.5, 0.6) is 0 Å². The molecule has 0 bridgehead atoms. The van der Waals surface area contributed by atoms with Gasteiger partial charge in [-0.2, -0.15) is 0 Å². The monoisotopic (exact) mass is 276 g/mol. The predicted octanol–water partition coefficient (Wildman–Crippen LogP) is 3.86. The Bertz CT molecular complexity index is 382. The Balaban J connectivity index is 1.51. The fourth-order valence-electron chi connectivity index (χ4n) is 2.51. The third kappa shape index (κ3) is 5.74. The summed E-state index contributed by atoms with van der Waals surface area (Å²) in [5.74, 6) is -0.138. The van der Waals surface area contributed by atoms with Crippen LogP contribution < -0.4 is 0 Å². The Morgan fingerprint density at radius 3 is 2.60 bits per heavy atom. The molecule has 0 aromatic heterocycles. The number of rotatable bonds is 7. The van der Waals surface area contributed by atoms with E-state index in [0.29, 0.717) is 25.7 Å². The molecule has 1 aliphatic carbocycles. The lowest BCUT2D eigenvalue weighted by molar-refractivity contribution is -0.145. The fourth-order valence-corrected chi connectivity index (χ4v) is 2.51. The van der Waals surface area contributed by atoms with E-state index in [1.54, 1.807) is 0 Å². The zero-order valence-corrected chi connectivity index (χ0v) is 12.1. The second-order valence-corrected chi connectivity index (χ2v) is 5.38. The molecule has 0 amide bonds. The number of ether oxygens (including phenoxy) is 2. The summed E-state index contributed by atoms with van der Waals surface area (Å²) >= 11 is 0. The molecule has 1 aromatic rings. The van der Waals surface area contributed by atoms with Crippen molar-refractivity contribution in [2.45, 2.75) is 57.7 Å². The number of hydrogen-bond acceptors (Lipinski definition) is 3. The third-order valence-corrected chi connectivity index (χ3v) is 3.67. The van der Waals surface area contributed by atoms with E-state index >= 15 is 0 Å². The van der Waals surface area contributed by atoms with Gasteiger partial charge in [0, 0.05) is 13.0 Å². The fraction of sp³-hybridized carbons (Fsp3) is 0.588. The van der Waals surface area contributed by atoms with Crippen molar-refractivity contribution in [1.29, 1.82) is 0 Å². The lowest BCUT2D eigenvalue weighted by Gasteiger charge is -2.21. The topological polar surface area (TPSA) is 35.5 Å². The van der Waals surface area contributed by atoms with E-state index in [4.69, 9.17) is 9.47 Å². The molecule has 0 atom stereocenters. The minimum Gasteiger partial charge on any atom is -0.461 e. The molecule has 0 aliphatic heterocycles. The lowest BCUT2D eigenvalue weighted by atomic mass is 9.98. The van der Waals surface area contributed by atoms with Gasteiger partial charge in [0.05, 0.1) is 6.10 Å². The predicted molar refractivity (Wildman–Crippen MR) is 78.3 cm³/mol. The number of carbonyl (C=O) groups is 1. The first-order valence-corrected chi connectivity index (χ1v) is 7.66. The zero-order chi connectivity index (χ0) is 14.0. The van der Waals surface area contributed by atoms with Crippen LogP contribution in [-0.4, -0.2) is 18.7 Å². The maximum Gasteiger partial charge on any atom is 0.306 e. The van der Waals surface area contributed by atoms with Crippen molar-refractivity contribution in [3.05, 3.63) is 35.9 Å². The summed E-state index contributed by atoms with van der Waals surface area (Å²) in [6, 6.07) is 9.76. The molecule has 0 N–H and O–H groups in total. The summed E-state index contributed by atoms with van der Waals surface area (Å²) in [5, 5.41) is 0. The third-order valence-electron chi connectivity index (χ3n) is 3.67. The van der Waals surface area contributed by atoms with Crippen LogP contribution in [0.3, 0.4) is 0 Å². The van der Waals surface area contributed by atoms with Crippen LogP contribution in [-0.2, 0) is 20.9 Å². The first-order chi connectivity index (χ1) is 9.84.